The largest absolute Gasteiger partial charge is 0.381 e. The molecule has 0 saturated carbocycles. The van der Waals surface area contributed by atoms with Crippen molar-refractivity contribution in [3.05, 3.63) is 48.3 Å². The summed E-state index contributed by atoms with van der Waals surface area (Å²) in [6.07, 6.45) is 5.22. The van der Waals surface area contributed by atoms with Crippen molar-refractivity contribution >= 4 is 15.7 Å². The van der Waals surface area contributed by atoms with E-state index in [1.165, 1.54) is 6.07 Å². The highest BCUT2D eigenvalue weighted by molar-refractivity contribution is 7.89. The molecule has 0 amide bonds. The van der Waals surface area contributed by atoms with E-state index in [-0.39, 0.29) is 4.90 Å². The normalized spacial score (nSPS) is 11.5. The van der Waals surface area contributed by atoms with E-state index in [2.05, 4.69) is 23.0 Å². The van der Waals surface area contributed by atoms with Crippen LogP contribution in [0.1, 0.15) is 18.9 Å². The molecule has 0 atom stereocenters. The number of benzene rings is 1. The van der Waals surface area contributed by atoms with Crippen molar-refractivity contribution in [1.29, 1.82) is 0 Å². The van der Waals surface area contributed by atoms with Gasteiger partial charge in [-0.2, -0.15) is 0 Å². The SMILES string of the molecule is CCCn1ccc(CNc2cccc(S(N)(=O)=O)c2)c1. The van der Waals surface area contributed by atoms with E-state index in [1.807, 2.05) is 18.3 Å². The van der Waals surface area contributed by atoms with Crippen LogP contribution < -0.4 is 10.5 Å². The average Bonchev–Trinajstić information content (AvgIpc) is 2.84. The highest BCUT2D eigenvalue weighted by atomic mass is 32.2. The van der Waals surface area contributed by atoms with Gasteiger partial charge in [0.1, 0.15) is 0 Å². The zero-order chi connectivity index (χ0) is 14.6. The van der Waals surface area contributed by atoms with Crippen LogP contribution >= 0.6 is 0 Å². The minimum Gasteiger partial charge on any atom is -0.381 e. The van der Waals surface area contributed by atoms with Crippen LogP contribution in [0.15, 0.2) is 47.6 Å². The summed E-state index contributed by atoms with van der Waals surface area (Å²) >= 11 is 0. The molecule has 5 nitrogen and oxygen atoms in total. The summed E-state index contributed by atoms with van der Waals surface area (Å²) < 4.78 is 24.7. The Balaban J connectivity index is 2.03. The summed E-state index contributed by atoms with van der Waals surface area (Å²) in [5, 5.41) is 8.31. The van der Waals surface area contributed by atoms with Gasteiger partial charge in [0.05, 0.1) is 4.90 Å². The van der Waals surface area contributed by atoms with E-state index in [0.29, 0.717) is 6.54 Å². The molecule has 0 radical (unpaired) electrons. The van der Waals surface area contributed by atoms with Crippen LogP contribution in [0.25, 0.3) is 0 Å². The van der Waals surface area contributed by atoms with Gasteiger partial charge in [-0.15, -0.1) is 0 Å². The lowest BCUT2D eigenvalue weighted by Crippen LogP contribution is -2.12. The summed E-state index contributed by atoms with van der Waals surface area (Å²) in [7, 11) is -3.66. The number of sulfonamides is 1. The predicted octanol–water partition coefficient (Wildman–Crippen LogP) is 2.16. The number of aryl methyl sites for hydroxylation is 1. The molecular formula is C14H19N3O2S. The van der Waals surface area contributed by atoms with Gasteiger partial charge in [-0.05, 0) is 36.2 Å². The first kappa shape index (κ1) is 14.6. The fourth-order valence-electron chi connectivity index (χ4n) is 1.98. The van der Waals surface area contributed by atoms with Crippen LogP contribution in [0.2, 0.25) is 0 Å². The third kappa shape index (κ3) is 3.85. The molecule has 0 spiro atoms. The number of rotatable bonds is 6. The van der Waals surface area contributed by atoms with Crippen molar-refractivity contribution in [3.8, 4) is 0 Å². The molecule has 0 bridgehead atoms. The molecule has 0 aliphatic rings. The van der Waals surface area contributed by atoms with E-state index in [9.17, 15) is 8.42 Å². The second-order valence-corrected chi connectivity index (χ2v) is 6.25. The zero-order valence-corrected chi connectivity index (χ0v) is 12.2. The molecule has 6 heteroatoms. The number of nitrogens with one attached hydrogen (secondary N) is 1. The fraction of sp³-hybridized carbons (Fsp3) is 0.286. The van der Waals surface area contributed by atoms with Crippen LogP contribution in [-0.4, -0.2) is 13.0 Å². The number of nitrogens with zero attached hydrogens (tertiary/aromatic N) is 1. The smallest absolute Gasteiger partial charge is 0.238 e. The Morgan fingerprint density at radius 1 is 1.30 bits per heavy atom. The van der Waals surface area contributed by atoms with Gasteiger partial charge < -0.3 is 9.88 Å². The lowest BCUT2D eigenvalue weighted by atomic mass is 10.3. The summed E-state index contributed by atoms with van der Waals surface area (Å²) in [5.74, 6) is 0. The average molecular weight is 293 g/mol. The maximum absolute atomic E-state index is 11.3. The van der Waals surface area contributed by atoms with Crippen LogP contribution in [0.4, 0.5) is 5.69 Å². The zero-order valence-electron chi connectivity index (χ0n) is 11.4. The van der Waals surface area contributed by atoms with Gasteiger partial charge in [0.2, 0.25) is 10.0 Å². The Morgan fingerprint density at radius 3 is 2.80 bits per heavy atom. The molecule has 0 unspecified atom stereocenters. The third-order valence-corrected chi connectivity index (χ3v) is 3.86. The van der Waals surface area contributed by atoms with Crippen LogP contribution in [0, 0.1) is 0 Å². The van der Waals surface area contributed by atoms with Gasteiger partial charge in [0.15, 0.2) is 0 Å². The van der Waals surface area contributed by atoms with E-state index in [0.717, 1.165) is 24.2 Å². The number of hydrogen-bond acceptors (Lipinski definition) is 3. The van der Waals surface area contributed by atoms with Crippen molar-refractivity contribution < 1.29 is 8.42 Å². The summed E-state index contributed by atoms with van der Waals surface area (Å²) in [5.41, 5.74) is 1.89. The van der Waals surface area contributed by atoms with Crippen molar-refractivity contribution in [2.45, 2.75) is 31.3 Å². The summed E-state index contributed by atoms with van der Waals surface area (Å²) in [6.45, 7) is 3.78. The molecule has 1 aromatic heterocycles. The Kier molecular flexibility index (Phi) is 4.46. The van der Waals surface area contributed by atoms with E-state index in [1.54, 1.807) is 12.1 Å². The maximum atomic E-state index is 11.3. The van der Waals surface area contributed by atoms with Gasteiger partial charge >= 0.3 is 0 Å². The second kappa shape index (κ2) is 6.11. The third-order valence-electron chi connectivity index (χ3n) is 2.95. The van der Waals surface area contributed by atoms with Gasteiger partial charge in [-0.25, -0.2) is 13.6 Å². The number of aromatic nitrogens is 1. The van der Waals surface area contributed by atoms with Crippen LogP contribution in [0.3, 0.4) is 0 Å². The summed E-state index contributed by atoms with van der Waals surface area (Å²) in [4.78, 5) is 0.117. The molecule has 3 N–H and O–H groups in total. The lowest BCUT2D eigenvalue weighted by Gasteiger charge is -2.06. The number of anilines is 1. The number of hydrogen-bond donors (Lipinski definition) is 2. The predicted molar refractivity (Wildman–Crippen MR) is 79.9 cm³/mol. The molecule has 1 heterocycles. The molecular weight excluding hydrogens is 274 g/mol. The maximum Gasteiger partial charge on any atom is 0.238 e. The first-order valence-electron chi connectivity index (χ1n) is 6.50. The molecule has 0 aliphatic heterocycles. The molecule has 108 valence electrons. The standard InChI is InChI=1S/C14H19N3O2S/c1-2-7-17-8-6-12(11-17)10-16-13-4-3-5-14(9-13)20(15,18)19/h3-6,8-9,11,16H,2,7,10H2,1H3,(H2,15,18,19). The minimum absolute atomic E-state index is 0.117. The van der Waals surface area contributed by atoms with Crippen molar-refractivity contribution in [2.75, 3.05) is 5.32 Å². The summed E-state index contributed by atoms with van der Waals surface area (Å²) in [6, 6.07) is 8.56. The lowest BCUT2D eigenvalue weighted by molar-refractivity contribution is 0.598. The number of nitrogens with two attached hydrogens (primary N) is 1. The van der Waals surface area contributed by atoms with Gasteiger partial charge in [0, 0.05) is 31.2 Å². The second-order valence-electron chi connectivity index (χ2n) is 4.68. The first-order chi connectivity index (χ1) is 9.49. The Bertz CT molecular complexity index is 677. The fourth-order valence-corrected chi connectivity index (χ4v) is 2.54. The Hall–Kier alpha value is -1.79. The van der Waals surface area contributed by atoms with E-state index < -0.39 is 10.0 Å². The van der Waals surface area contributed by atoms with E-state index >= 15 is 0 Å². The van der Waals surface area contributed by atoms with Gasteiger partial charge in [0.25, 0.3) is 0 Å². The van der Waals surface area contributed by atoms with Gasteiger partial charge in [-0.3, -0.25) is 0 Å². The van der Waals surface area contributed by atoms with Crippen LogP contribution in [-0.2, 0) is 23.1 Å². The highest BCUT2D eigenvalue weighted by Gasteiger charge is 2.07. The van der Waals surface area contributed by atoms with Crippen molar-refractivity contribution in [2.24, 2.45) is 5.14 Å². The first-order valence-corrected chi connectivity index (χ1v) is 8.05. The van der Waals surface area contributed by atoms with Crippen LogP contribution in [0.5, 0.6) is 0 Å². The number of primary sulfonamides is 1. The molecule has 0 fully saturated rings. The molecule has 0 saturated heterocycles. The Morgan fingerprint density at radius 2 is 2.10 bits per heavy atom. The monoisotopic (exact) mass is 293 g/mol. The molecule has 2 rings (SSSR count). The molecule has 1 aromatic carbocycles. The highest BCUT2D eigenvalue weighted by Crippen LogP contribution is 2.15. The molecule has 0 aliphatic carbocycles. The molecule has 20 heavy (non-hydrogen) atoms. The van der Waals surface area contributed by atoms with E-state index in [4.69, 9.17) is 5.14 Å². The topological polar surface area (TPSA) is 77.1 Å². The molecule has 2 aromatic rings. The van der Waals surface area contributed by atoms with Crippen molar-refractivity contribution in [1.82, 2.24) is 4.57 Å². The Labute approximate surface area is 119 Å². The van der Waals surface area contributed by atoms with Gasteiger partial charge in [-0.1, -0.05) is 13.0 Å². The quantitative estimate of drug-likeness (QED) is 0.856. The minimum atomic E-state index is -3.66. The van der Waals surface area contributed by atoms with Crippen molar-refractivity contribution in [3.63, 3.8) is 0 Å².